The van der Waals surface area contributed by atoms with Crippen molar-refractivity contribution in [2.75, 3.05) is 6.54 Å². The van der Waals surface area contributed by atoms with E-state index >= 15 is 0 Å². The molecule has 0 radical (unpaired) electrons. The quantitative estimate of drug-likeness (QED) is 0.816. The summed E-state index contributed by atoms with van der Waals surface area (Å²) in [5, 5.41) is 2.70. The van der Waals surface area contributed by atoms with Gasteiger partial charge in [-0.2, -0.15) is 0 Å². The molecule has 1 aromatic carbocycles. The molecule has 0 aliphatic carbocycles. The summed E-state index contributed by atoms with van der Waals surface area (Å²) in [6.45, 7) is 4.09. The third-order valence-corrected chi connectivity index (χ3v) is 2.48. The molecule has 4 heteroatoms. The van der Waals surface area contributed by atoms with Crippen LogP contribution in [0.2, 0.25) is 0 Å². The number of carbonyl (C=O) groups is 1. The first kappa shape index (κ1) is 12.6. The zero-order chi connectivity index (χ0) is 12.1. The predicted octanol–water partition coefficient (Wildman–Crippen LogP) is 1.60. The summed E-state index contributed by atoms with van der Waals surface area (Å²) >= 11 is 0. The topological polar surface area (TPSA) is 55.1 Å². The number of hydrogen-bond acceptors (Lipinski definition) is 2. The van der Waals surface area contributed by atoms with Crippen LogP contribution >= 0.6 is 0 Å². The number of halogens is 1. The Hall–Kier alpha value is -1.42. The van der Waals surface area contributed by atoms with Gasteiger partial charge in [0.25, 0.3) is 5.91 Å². The zero-order valence-electron chi connectivity index (χ0n) is 9.59. The number of aryl methyl sites for hydroxylation is 1. The molecule has 1 rings (SSSR count). The Morgan fingerprint density at radius 3 is 2.81 bits per heavy atom. The smallest absolute Gasteiger partial charge is 0.254 e. The molecule has 88 valence electrons. The minimum atomic E-state index is -0.505. The second kappa shape index (κ2) is 5.61. The molecule has 0 bridgehead atoms. The molecule has 3 nitrogen and oxygen atoms in total. The van der Waals surface area contributed by atoms with Crippen molar-refractivity contribution >= 4 is 5.91 Å². The molecule has 0 fully saturated rings. The van der Waals surface area contributed by atoms with Crippen LogP contribution in [0.25, 0.3) is 0 Å². The van der Waals surface area contributed by atoms with Gasteiger partial charge in [-0.1, -0.05) is 18.6 Å². The maximum absolute atomic E-state index is 13.4. The third kappa shape index (κ3) is 3.03. The third-order valence-electron chi connectivity index (χ3n) is 2.48. The number of hydrogen-bond donors (Lipinski definition) is 2. The zero-order valence-corrected chi connectivity index (χ0v) is 9.59. The highest BCUT2D eigenvalue weighted by Crippen LogP contribution is 2.10. The Kier molecular flexibility index (Phi) is 4.43. The van der Waals surface area contributed by atoms with Crippen molar-refractivity contribution in [2.24, 2.45) is 5.73 Å². The monoisotopic (exact) mass is 224 g/mol. The van der Waals surface area contributed by atoms with E-state index in [0.29, 0.717) is 6.54 Å². The Morgan fingerprint density at radius 1 is 1.56 bits per heavy atom. The molecule has 1 amide bonds. The number of benzene rings is 1. The van der Waals surface area contributed by atoms with Crippen molar-refractivity contribution in [3.63, 3.8) is 0 Å². The van der Waals surface area contributed by atoms with E-state index in [1.807, 2.05) is 13.8 Å². The van der Waals surface area contributed by atoms with Gasteiger partial charge < -0.3 is 11.1 Å². The largest absolute Gasteiger partial charge is 0.348 e. The molecule has 16 heavy (non-hydrogen) atoms. The number of amides is 1. The van der Waals surface area contributed by atoms with E-state index in [0.717, 1.165) is 12.0 Å². The lowest BCUT2D eigenvalue weighted by atomic mass is 10.1. The van der Waals surface area contributed by atoms with Crippen molar-refractivity contribution in [1.29, 1.82) is 0 Å². The number of nitrogens with one attached hydrogen (secondary N) is 1. The molecule has 1 aromatic rings. The molecule has 0 heterocycles. The van der Waals surface area contributed by atoms with Crippen LogP contribution in [0, 0.1) is 12.7 Å². The molecule has 0 aromatic heterocycles. The van der Waals surface area contributed by atoms with Crippen molar-refractivity contribution < 1.29 is 9.18 Å². The molecule has 0 aliphatic heterocycles. The van der Waals surface area contributed by atoms with Gasteiger partial charge in [-0.3, -0.25) is 4.79 Å². The molecular weight excluding hydrogens is 207 g/mol. The normalized spacial score (nSPS) is 12.2. The van der Waals surface area contributed by atoms with E-state index in [2.05, 4.69) is 5.32 Å². The molecule has 1 unspecified atom stereocenters. The summed E-state index contributed by atoms with van der Waals surface area (Å²) in [6.07, 6.45) is 0.732. The Bertz CT molecular complexity index is 375. The molecule has 0 aliphatic rings. The average Bonchev–Trinajstić information content (AvgIpc) is 2.28. The Labute approximate surface area is 94.8 Å². The lowest BCUT2D eigenvalue weighted by Crippen LogP contribution is -2.40. The first-order chi connectivity index (χ1) is 7.58. The van der Waals surface area contributed by atoms with E-state index in [-0.39, 0.29) is 11.6 Å². The SMILES string of the molecule is CCC(CN)NC(=O)c1cc(C)ccc1F. The maximum atomic E-state index is 13.4. The highest BCUT2D eigenvalue weighted by Gasteiger charge is 2.14. The van der Waals surface area contributed by atoms with Gasteiger partial charge >= 0.3 is 0 Å². The van der Waals surface area contributed by atoms with Crippen molar-refractivity contribution in [3.8, 4) is 0 Å². The summed E-state index contributed by atoms with van der Waals surface area (Å²) in [5.74, 6) is -0.909. The van der Waals surface area contributed by atoms with Crippen LogP contribution in [-0.4, -0.2) is 18.5 Å². The van der Waals surface area contributed by atoms with Crippen molar-refractivity contribution in [1.82, 2.24) is 5.32 Å². The predicted molar refractivity (Wildman–Crippen MR) is 61.7 cm³/mol. The first-order valence-electron chi connectivity index (χ1n) is 5.35. The fraction of sp³-hybridized carbons (Fsp3) is 0.417. The summed E-state index contributed by atoms with van der Waals surface area (Å²) in [4.78, 5) is 11.7. The van der Waals surface area contributed by atoms with Crippen LogP contribution in [-0.2, 0) is 0 Å². The minimum absolute atomic E-state index is 0.0758. The van der Waals surface area contributed by atoms with Gasteiger partial charge in [0.1, 0.15) is 5.82 Å². The molecule has 0 spiro atoms. The van der Waals surface area contributed by atoms with Gasteiger partial charge in [0.2, 0.25) is 0 Å². The summed E-state index contributed by atoms with van der Waals surface area (Å²) < 4.78 is 13.4. The number of nitrogens with two attached hydrogens (primary N) is 1. The molecular formula is C12H17FN2O. The standard InChI is InChI=1S/C12H17FN2O/c1-3-9(7-14)15-12(16)10-6-8(2)4-5-11(10)13/h4-6,9H,3,7,14H2,1-2H3,(H,15,16). The highest BCUT2D eigenvalue weighted by molar-refractivity contribution is 5.94. The van der Waals surface area contributed by atoms with Crippen LogP contribution in [0.4, 0.5) is 4.39 Å². The van der Waals surface area contributed by atoms with Gasteiger partial charge in [0, 0.05) is 12.6 Å². The van der Waals surface area contributed by atoms with E-state index in [9.17, 15) is 9.18 Å². The maximum Gasteiger partial charge on any atom is 0.254 e. The second-order valence-electron chi connectivity index (χ2n) is 3.80. The van der Waals surface area contributed by atoms with Gasteiger partial charge in [0.05, 0.1) is 5.56 Å². The van der Waals surface area contributed by atoms with E-state index < -0.39 is 11.7 Å². The molecule has 0 saturated heterocycles. The van der Waals surface area contributed by atoms with E-state index in [1.165, 1.54) is 12.1 Å². The lowest BCUT2D eigenvalue weighted by molar-refractivity contribution is 0.0933. The van der Waals surface area contributed by atoms with Crippen LogP contribution < -0.4 is 11.1 Å². The molecule has 1 atom stereocenters. The molecule has 3 N–H and O–H groups in total. The second-order valence-corrected chi connectivity index (χ2v) is 3.80. The summed E-state index contributed by atoms with van der Waals surface area (Å²) in [7, 11) is 0. The average molecular weight is 224 g/mol. The van der Waals surface area contributed by atoms with Crippen molar-refractivity contribution in [2.45, 2.75) is 26.3 Å². The van der Waals surface area contributed by atoms with E-state index in [4.69, 9.17) is 5.73 Å². The molecule has 0 saturated carbocycles. The number of rotatable bonds is 4. The summed E-state index contributed by atoms with van der Waals surface area (Å²) in [6, 6.07) is 4.36. The summed E-state index contributed by atoms with van der Waals surface area (Å²) in [5.41, 5.74) is 6.40. The van der Waals surface area contributed by atoms with Crippen molar-refractivity contribution in [3.05, 3.63) is 35.1 Å². The van der Waals surface area contributed by atoms with Gasteiger partial charge in [-0.25, -0.2) is 4.39 Å². The Morgan fingerprint density at radius 2 is 2.25 bits per heavy atom. The fourth-order valence-corrected chi connectivity index (χ4v) is 1.40. The van der Waals surface area contributed by atoms with Crippen LogP contribution in [0.3, 0.4) is 0 Å². The first-order valence-corrected chi connectivity index (χ1v) is 5.35. The van der Waals surface area contributed by atoms with Gasteiger partial charge in [-0.05, 0) is 25.5 Å². The van der Waals surface area contributed by atoms with Crippen LogP contribution in [0.1, 0.15) is 29.3 Å². The van der Waals surface area contributed by atoms with Gasteiger partial charge in [-0.15, -0.1) is 0 Å². The number of carbonyl (C=O) groups excluding carboxylic acids is 1. The lowest BCUT2D eigenvalue weighted by Gasteiger charge is -2.15. The Balaban J connectivity index is 2.83. The van der Waals surface area contributed by atoms with Gasteiger partial charge in [0.15, 0.2) is 0 Å². The van der Waals surface area contributed by atoms with E-state index in [1.54, 1.807) is 6.07 Å². The fourth-order valence-electron chi connectivity index (χ4n) is 1.40. The highest BCUT2D eigenvalue weighted by atomic mass is 19.1. The van der Waals surface area contributed by atoms with Crippen LogP contribution in [0.5, 0.6) is 0 Å². The minimum Gasteiger partial charge on any atom is -0.348 e. The van der Waals surface area contributed by atoms with Crippen LogP contribution in [0.15, 0.2) is 18.2 Å².